The fourth-order valence-corrected chi connectivity index (χ4v) is 2.10. The van der Waals surface area contributed by atoms with Gasteiger partial charge in [-0.1, -0.05) is 48.5 Å². The normalized spacial score (nSPS) is 13.0. The average Bonchev–Trinajstić information content (AvgIpc) is 2.46. The van der Waals surface area contributed by atoms with Crippen molar-refractivity contribution >= 4 is 5.69 Å². The number of ether oxygens (including phenoxy) is 1. The summed E-state index contributed by atoms with van der Waals surface area (Å²) in [5.74, 6) is 0. The van der Waals surface area contributed by atoms with Gasteiger partial charge in [0, 0.05) is 18.4 Å². The van der Waals surface area contributed by atoms with Crippen LogP contribution < -0.4 is 5.32 Å². The maximum atomic E-state index is 13.3. The van der Waals surface area contributed by atoms with Crippen molar-refractivity contribution in [2.45, 2.75) is 18.8 Å². The summed E-state index contributed by atoms with van der Waals surface area (Å²) in [6.45, 7) is 0.253. The van der Waals surface area contributed by atoms with Crippen LogP contribution in [0.5, 0.6) is 0 Å². The van der Waals surface area contributed by atoms with E-state index in [-0.39, 0.29) is 12.2 Å². The Kier molecular flexibility index (Phi) is 4.85. The second-order valence-corrected chi connectivity index (χ2v) is 4.62. The maximum absolute atomic E-state index is 13.3. The molecule has 0 aliphatic heterocycles. The van der Waals surface area contributed by atoms with Crippen LogP contribution >= 0.6 is 0 Å². The lowest BCUT2D eigenvalue weighted by Gasteiger charge is -2.24. The molecule has 0 aliphatic rings. The Labute approximate surface area is 121 Å². The van der Waals surface area contributed by atoms with E-state index in [1.165, 1.54) is 19.2 Å². The molecule has 0 aliphatic carbocycles. The molecule has 2 aromatic rings. The third-order valence-electron chi connectivity index (χ3n) is 3.08. The lowest BCUT2D eigenvalue weighted by atomic mass is 10.1. The van der Waals surface area contributed by atoms with Crippen LogP contribution in [0.15, 0.2) is 54.6 Å². The molecule has 2 aromatic carbocycles. The van der Waals surface area contributed by atoms with Crippen LogP contribution in [0.1, 0.15) is 17.2 Å². The zero-order valence-electron chi connectivity index (χ0n) is 11.5. The molecule has 112 valence electrons. The van der Waals surface area contributed by atoms with Gasteiger partial charge in [0.05, 0.1) is 6.61 Å². The molecule has 2 nitrogen and oxygen atoms in total. The molecule has 21 heavy (non-hydrogen) atoms. The van der Waals surface area contributed by atoms with Gasteiger partial charge in [0.1, 0.15) is 6.04 Å². The number of methoxy groups -OCH3 is 1. The molecule has 0 saturated heterocycles. The molecule has 0 bridgehead atoms. The second-order valence-electron chi connectivity index (χ2n) is 4.62. The van der Waals surface area contributed by atoms with Gasteiger partial charge in [0.25, 0.3) is 0 Å². The number of benzene rings is 2. The van der Waals surface area contributed by atoms with Crippen LogP contribution in [0, 0.1) is 0 Å². The van der Waals surface area contributed by atoms with Gasteiger partial charge in [0.2, 0.25) is 0 Å². The van der Waals surface area contributed by atoms with E-state index in [1.807, 2.05) is 0 Å². The van der Waals surface area contributed by atoms with E-state index < -0.39 is 12.2 Å². The van der Waals surface area contributed by atoms with Crippen molar-refractivity contribution in [3.8, 4) is 0 Å². The molecule has 0 heterocycles. The van der Waals surface area contributed by atoms with Gasteiger partial charge in [-0.3, -0.25) is 0 Å². The second kappa shape index (κ2) is 6.63. The predicted molar refractivity (Wildman–Crippen MR) is 76.0 cm³/mol. The topological polar surface area (TPSA) is 21.3 Å². The zero-order chi connectivity index (χ0) is 15.3. The molecule has 0 aromatic heterocycles. The van der Waals surface area contributed by atoms with Crippen molar-refractivity contribution in [1.29, 1.82) is 0 Å². The molecule has 5 heteroatoms. The van der Waals surface area contributed by atoms with Crippen LogP contribution in [0.2, 0.25) is 0 Å². The van der Waals surface area contributed by atoms with Gasteiger partial charge in [-0.25, -0.2) is 0 Å². The number of nitrogens with one attached hydrogen (secondary N) is 1. The summed E-state index contributed by atoms with van der Waals surface area (Å²) in [6.07, 6.45) is -4.39. The van der Waals surface area contributed by atoms with Gasteiger partial charge in [0.15, 0.2) is 0 Å². The van der Waals surface area contributed by atoms with E-state index in [1.54, 1.807) is 42.5 Å². The quantitative estimate of drug-likeness (QED) is 0.874. The summed E-state index contributed by atoms with van der Waals surface area (Å²) < 4.78 is 45.0. The largest absolute Gasteiger partial charge is 0.412 e. The SMILES string of the molecule is COCc1ccccc1NC(c1ccccc1)C(F)(F)F. The minimum atomic E-state index is -4.39. The van der Waals surface area contributed by atoms with Gasteiger partial charge in [-0.2, -0.15) is 13.2 Å². The Balaban J connectivity index is 2.33. The van der Waals surface area contributed by atoms with E-state index in [9.17, 15) is 13.2 Å². The monoisotopic (exact) mass is 295 g/mol. The number of alkyl halides is 3. The summed E-state index contributed by atoms with van der Waals surface area (Å²) in [5.41, 5.74) is 1.29. The third-order valence-corrected chi connectivity index (χ3v) is 3.08. The van der Waals surface area contributed by atoms with Gasteiger partial charge < -0.3 is 10.1 Å². The summed E-state index contributed by atoms with van der Waals surface area (Å²) >= 11 is 0. The highest BCUT2D eigenvalue weighted by Gasteiger charge is 2.41. The lowest BCUT2D eigenvalue weighted by molar-refractivity contribution is -0.144. The number of hydrogen-bond donors (Lipinski definition) is 1. The highest BCUT2D eigenvalue weighted by Crippen LogP contribution is 2.36. The maximum Gasteiger partial charge on any atom is 0.412 e. The van der Waals surface area contributed by atoms with E-state index in [0.29, 0.717) is 11.3 Å². The first-order valence-corrected chi connectivity index (χ1v) is 6.47. The number of halogens is 3. The number of hydrogen-bond acceptors (Lipinski definition) is 2. The summed E-state index contributed by atoms with van der Waals surface area (Å²) in [4.78, 5) is 0. The van der Waals surface area contributed by atoms with Crippen molar-refractivity contribution in [3.05, 3.63) is 65.7 Å². The molecule has 0 amide bonds. The number of rotatable bonds is 5. The zero-order valence-corrected chi connectivity index (χ0v) is 11.5. The lowest BCUT2D eigenvalue weighted by Crippen LogP contribution is -2.28. The smallest absolute Gasteiger partial charge is 0.380 e. The fourth-order valence-electron chi connectivity index (χ4n) is 2.10. The minimum Gasteiger partial charge on any atom is -0.380 e. The van der Waals surface area contributed by atoms with Crippen molar-refractivity contribution in [2.24, 2.45) is 0 Å². The van der Waals surface area contributed by atoms with Crippen molar-refractivity contribution in [1.82, 2.24) is 0 Å². The Morgan fingerprint density at radius 1 is 1.00 bits per heavy atom. The molecule has 0 radical (unpaired) electrons. The van der Waals surface area contributed by atoms with Crippen molar-refractivity contribution in [2.75, 3.05) is 12.4 Å². The van der Waals surface area contributed by atoms with Gasteiger partial charge >= 0.3 is 6.18 Å². The van der Waals surface area contributed by atoms with Crippen LogP contribution in [-0.2, 0) is 11.3 Å². The Morgan fingerprint density at radius 3 is 2.24 bits per heavy atom. The Morgan fingerprint density at radius 2 is 1.62 bits per heavy atom. The molecular weight excluding hydrogens is 279 g/mol. The van der Waals surface area contributed by atoms with Crippen molar-refractivity contribution in [3.63, 3.8) is 0 Å². The summed E-state index contributed by atoms with van der Waals surface area (Å²) in [7, 11) is 1.51. The molecular formula is C16H16F3NO. The first-order valence-electron chi connectivity index (χ1n) is 6.47. The highest BCUT2D eigenvalue weighted by molar-refractivity contribution is 5.52. The van der Waals surface area contributed by atoms with E-state index in [2.05, 4.69) is 5.32 Å². The molecule has 1 unspecified atom stereocenters. The van der Waals surface area contributed by atoms with E-state index in [4.69, 9.17) is 4.74 Å². The Bertz CT molecular complexity index is 569. The molecule has 1 N–H and O–H groups in total. The fraction of sp³-hybridized carbons (Fsp3) is 0.250. The molecule has 0 spiro atoms. The molecule has 0 fully saturated rings. The van der Waals surface area contributed by atoms with Crippen LogP contribution in [0.25, 0.3) is 0 Å². The minimum absolute atomic E-state index is 0.178. The first kappa shape index (κ1) is 15.4. The van der Waals surface area contributed by atoms with Gasteiger partial charge in [-0.05, 0) is 11.6 Å². The third kappa shape index (κ3) is 3.98. The molecule has 2 rings (SSSR count). The van der Waals surface area contributed by atoms with Crippen LogP contribution in [-0.4, -0.2) is 13.3 Å². The molecule has 0 saturated carbocycles. The van der Waals surface area contributed by atoms with Crippen LogP contribution in [0.3, 0.4) is 0 Å². The standard InChI is InChI=1S/C16H16F3NO/c1-21-11-13-9-5-6-10-14(13)20-15(16(17,18)19)12-7-3-2-4-8-12/h2-10,15,20H,11H2,1H3. The number of para-hydroxylation sites is 1. The number of anilines is 1. The molecule has 1 atom stereocenters. The first-order chi connectivity index (χ1) is 10.0. The van der Waals surface area contributed by atoms with Crippen molar-refractivity contribution < 1.29 is 17.9 Å². The highest BCUT2D eigenvalue weighted by atomic mass is 19.4. The van der Waals surface area contributed by atoms with E-state index >= 15 is 0 Å². The van der Waals surface area contributed by atoms with Gasteiger partial charge in [-0.15, -0.1) is 0 Å². The average molecular weight is 295 g/mol. The van der Waals surface area contributed by atoms with Crippen LogP contribution in [0.4, 0.5) is 18.9 Å². The Hall–Kier alpha value is -2.01. The predicted octanol–water partition coefficient (Wildman–Crippen LogP) is 4.55. The summed E-state index contributed by atoms with van der Waals surface area (Å²) in [6, 6.07) is 12.9. The summed E-state index contributed by atoms with van der Waals surface area (Å²) in [5, 5.41) is 2.58. The van der Waals surface area contributed by atoms with E-state index in [0.717, 1.165) is 0 Å².